The molecule has 1 heterocycles. The molecule has 2 aromatic rings. The van der Waals surface area contributed by atoms with Crippen molar-refractivity contribution in [1.82, 2.24) is 0 Å². The molecule has 7 heteroatoms. The van der Waals surface area contributed by atoms with E-state index in [1.807, 2.05) is 0 Å². The van der Waals surface area contributed by atoms with Gasteiger partial charge in [0.2, 0.25) is 5.91 Å². The summed E-state index contributed by atoms with van der Waals surface area (Å²) in [5, 5.41) is 13.6. The number of amides is 2. The standard InChI is InChI=1S/C18H17N3O4/c1-12-4-7-15(21(24)25)11-16(12)19-18(23)13-5-8-14(9-6-13)20-10-2-3-17(20)22/h4-9,11H,2-3,10H2,1H3,(H,19,23). The maximum Gasteiger partial charge on any atom is 0.271 e. The Bertz CT molecular complexity index is 846. The maximum absolute atomic E-state index is 12.4. The molecule has 0 atom stereocenters. The number of nitrogens with one attached hydrogen (secondary N) is 1. The lowest BCUT2D eigenvalue weighted by molar-refractivity contribution is -0.384. The Morgan fingerprint density at radius 2 is 1.92 bits per heavy atom. The Morgan fingerprint density at radius 1 is 1.20 bits per heavy atom. The molecule has 0 aromatic heterocycles. The largest absolute Gasteiger partial charge is 0.321 e. The molecule has 25 heavy (non-hydrogen) atoms. The molecule has 7 nitrogen and oxygen atoms in total. The summed E-state index contributed by atoms with van der Waals surface area (Å²) < 4.78 is 0. The van der Waals surface area contributed by atoms with Crippen molar-refractivity contribution in [1.29, 1.82) is 0 Å². The van der Waals surface area contributed by atoms with Crippen LogP contribution >= 0.6 is 0 Å². The van der Waals surface area contributed by atoms with Crippen molar-refractivity contribution in [3.8, 4) is 0 Å². The van der Waals surface area contributed by atoms with Gasteiger partial charge < -0.3 is 10.2 Å². The molecule has 3 rings (SSSR count). The van der Waals surface area contributed by atoms with Crippen LogP contribution in [0.2, 0.25) is 0 Å². The van der Waals surface area contributed by atoms with Crippen LogP contribution in [0.1, 0.15) is 28.8 Å². The molecule has 0 unspecified atom stereocenters. The Hall–Kier alpha value is -3.22. The number of nitro groups is 1. The average Bonchev–Trinajstić information content (AvgIpc) is 3.02. The van der Waals surface area contributed by atoms with Crippen LogP contribution in [0.5, 0.6) is 0 Å². The summed E-state index contributed by atoms with van der Waals surface area (Å²) in [7, 11) is 0. The summed E-state index contributed by atoms with van der Waals surface area (Å²) in [5.74, 6) is -0.271. The number of carbonyl (C=O) groups is 2. The van der Waals surface area contributed by atoms with E-state index in [2.05, 4.69) is 5.32 Å². The topological polar surface area (TPSA) is 92.6 Å². The summed E-state index contributed by atoms with van der Waals surface area (Å²) in [4.78, 5) is 36.2. The number of nitro benzene ring substituents is 1. The summed E-state index contributed by atoms with van der Waals surface area (Å²) >= 11 is 0. The van der Waals surface area contributed by atoms with E-state index in [-0.39, 0.29) is 17.5 Å². The second kappa shape index (κ2) is 6.72. The third-order valence-electron chi connectivity index (χ3n) is 4.19. The van der Waals surface area contributed by atoms with Crippen LogP contribution in [0.4, 0.5) is 17.1 Å². The lowest BCUT2D eigenvalue weighted by atomic mass is 10.1. The second-order valence-corrected chi connectivity index (χ2v) is 5.91. The highest BCUT2D eigenvalue weighted by Gasteiger charge is 2.21. The quantitative estimate of drug-likeness (QED) is 0.683. The summed E-state index contributed by atoms with van der Waals surface area (Å²) in [5.41, 5.74) is 2.24. The number of anilines is 2. The smallest absolute Gasteiger partial charge is 0.271 e. The predicted octanol–water partition coefficient (Wildman–Crippen LogP) is 3.28. The highest BCUT2D eigenvalue weighted by Crippen LogP contribution is 2.24. The van der Waals surface area contributed by atoms with Crippen molar-refractivity contribution < 1.29 is 14.5 Å². The Balaban J connectivity index is 1.76. The maximum atomic E-state index is 12.4. The van der Waals surface area contributed by atoms with E-state index < -0.39 is 4.92 Å². The first-order valence-electron chi connectivity index (χ1n) is 7.92. The number of rotatable bonds is 4. The van der Waals surface area contributed by atoms with Gasteiger partial charge in [0.15, 0.2) is 0 Å². The van der Waals surface area contributed by atoms with E-state index in [0.717, 1.165) is 17.7 Å². The fraction of sp³-hybridized carbons (Fsp3) is 0.222. The van der Waals surface area contributed by atoms with Crippen molar-refractivity contribution in [3.05, 3.63) is 63.7 Å². The van der Waals surface area contributed by atoms with Crippen molar-refractivity contribution in [2.45, 2.75) is 19.8 Å². The van der Waals surface area contributed by atoms with E-state index in [4.69, 9.17) is 0 Å². The van der Waals surface area contributed by atoms with E-state index in [1.165, 1.54) is 12.1 Å². The van der Waals surface area contributed by atoms with Gasteiger partial charge in [-0.05, 0) is 43.2 Å². The fourth-order valence-corrected chi connectivity index (χ4v) is 2.77. The van der Waals surface area contributed by atoms with Gasteiger partial charge in [0, 0.05) is 36.3 Å². The molecule has 1 aliphatic heterocycles. The van der Waals surface area contributed by atoms with Crippen LogP contribution < -0.4 is 10.2 Å². The van der Waals surface area contributed by atoms with Crippen LogP contribution in [-0.4, -0.2) is 23.3 Å². The van der Waals surface area contributed by atoms with Crippen molar-refractivity contribution in [2.24, 2.45) is 0 Å². The zero-order valence-electron chi connectivity index (χ0n) is 13.7. The molecule has 1 saturated heterocycles. The number of aryl methyl sites for hydroxylation is 1. The van der Waals surface area contributed by atoms with Crippen LogP contribution in [0.25, 0.3) is 0 Å². The molecule has 0 radical (unpaired) electrons. The summed E-state index contributed by atoms with van der Waals surface area (Å²) in [6.07, 6.45) is 1.39. The molecular formula is C18H17N3O4. The molecular weight excluding hydrogens is 322 g/mol. The van der Waals surface area contributed by atoms with E-state index in [1.54, 1.807) is 42.2 Å². The van der Waals surface area contributed by atoms with Gasteiger partial charge >= 0.3 is 0 Å². The van der Waals surface area contributed by atoms with Gasteiger partial charge in [-0.2, -0.15) is 0 Å². The third-order valence-corrected chi connectivity index (χ3v) is 4.19. The molecule has 0 saturated carbocycles. The molecule has 2 aromatic carbocycles. The van der Waals surface area contributed by atoms with Gasteiger partial charge in [0.25, 0.3) is 11.6 Å². The molecule has 0 bridgehead atoms. The van der Waals surface area contributed by atoms with Crippen molar-refractivity contribution >= 4 is 28.9 Å². The van der Waals surface area contributed by atoms with Gasteiger partial charge in [-0.25, -0.2) is 0 Å². The van der Waals surface area contributed by atoms with Crippen LogP contribution in [0.3, 0.4) is 0 Å². The first-order valence-corrected chi connectivity index (χ1v) is 7.92. The third kappa shape index (κ3) is 3.50. The summed E-state index contributed by atoms with van der Waals surface area (Å²) in [6.45, 7) is 2.46. The number of hydrogen-bond acceptors (Lipinski definition) is 4. The van der Waals surface area contributed by atoms with E-state index in [9.17, 15) is 19.7 Å². The first-order chi connectivity index (χ1) is 12.0. The molecule has 1 aliphatic rings. The van der Waals surface area contributed by atoms with Crippen LogP contribution in [-0.2, 0) is 4.79 Å². The van der Waals surface area contributed by atoms with Crippen molar-refractivity contribution in [2.75, 3.05) is 16.8 Å². The van der Waals surface area contributed by atoms with Gasteiger partial charge in [0.1, 0.15) is 0 Å². The second-order valence-electron chi connectivity index (χ2n) is 5.91. The number of nitrogens with zero attached hydrogens (tertiary/aromatic N) is 2. The Morgan fingerprint density at radius 3 is 2.52 bits per heavy atom. The monoisotopic (exact) mass is 339 g/mol. The predicted molar refractivity (Wildman–Crippen MR) is 93.8 cm³/mol. The minimum atomic E-state index is -0.503. The molecule has 128 valence electrons. The van der Waals surface area contributed by atoms with Gasteiger partial charge in [0.05, 0.1) is 10.6 Å². The number of hydrogen-bond donors (Lipinski definition) is 1. The summed E-state index contributed by atoms with van der Waals surface area (Å²) in [6, 6.07) is 11.1. The Labute approximate surface area is 144 Å². The molecule has 0 spiro atoms. The van der Waals surface area contributed by atoms with Gasteiger partial charge in [-0.15, -0.1) is 0 Å². The van der Waals surface area contributed by atoms with Crippen LogP contribution in [0.15, 0.2) is 42.5 Å². The SMILES string of the molecule is Cc1ccc([N+](=O)[O-])cc1NC(=O)c1ccc(N2CCCC2=O)cc1. The fourth-order valence-electron chi connectivity index (χ4n) is 2.77. The van der Waals surface area contributed by atoms with E-state index >= 15 is 0 Å². The minimum absolute atomic E-state index is 0.0798. The number of non-ortho nitro benzene ring substituents is 1. The average molecular weight is 339 g/mol. The zero-order valence-corrected chi connectivity index (χ0v) is 13.7. The van der Waals surface area contributed by atoms with Crippen LogP contribution in [0, 0.1) is 17.0 Å². The molecule has 1 fully saturated rings. The molecule has 0 aliphatic carbocycles. The Kier molecular flexibility index (Phi) is 4.47. The minimum Gasteiger partial charge on any atom is -0.321 e. The zero-order chi connectivity index (χ0) is 18.0. The number of benzene rings is 2. The van der Waals surface area contributed by atoms with E-state index in [0.29, 0.717) is 24.2 Å². The highest BCUT2D eigenvalue weighted by atomic mass is 16.6. The molecule has 1 N–H and O–H groups in total. The molecule has 2 amide bonds. The van der Waals surface area contributed by atoms with Gasteiger partial charge in [-0.1, -0.05) is 6.07 Å². The first kappa shape index (κ1) is 16.6. The normalized spacial score (nSPS) is 13.8. The number of carbonyl (C=O) groups excluding carboxylic acids is 2. The van der Waals surface area contributed by atoms with Crippen molar-refractivity contribution in [3.63, 3.8) is 0 Å². The highest BCUT2D eigenvalue weighted by molar-refractivity contribution is 6.05. The lowest BCUT2D eigenvalue weighted by Gasteiger charge is -2.16. The lowest BCUT2D eigenvalue weighted by Crippen LogP contribution is -2.23. The van der Waals surface area contributed by atoms with Gasteiger partial charge in [-0.3, -0.25) is 19.7 Å².